The Bertz CT molecular complexity index is 1240. The summed E-state index contributed by atoms with van der Waals surface area (Å²) < 4.78 is 1.25. The number of anilines is 2. The summed E-state index contributed by atoms with van der Waals surface area (Å²) in [6.07, 6.45) is 2.70. The molecule has 3 heterocycles. The zero-order chi connectivity index (χ0) is 20.7. The molecule has 4 rings (SSSR count). The predicted molar refractivity (Wildman–Crippen MR) is 113 cm³/mol. The lowest BCUT2D eigenvalue weighted by Crippen LogP contribution is -2.31. The van der Waals surface area contributed by atoms with Crippen LogP contribution in [0.3, 0.4) is 0 Å². The lowest BCUT2D eigenvalue weighted by Gasteiger charge is -2.28. The first-order chi connectivity index (χ1) is 13.9. The van der Waals surface area contributed by atoms with E-state index in [1.807, 2.05) is 32.2 Å². The molecule has 3 aromatic rings. The Hall–Kier alpha value is -3.42. The van der Waals surface area contributed by atoms with Gasteiger partial charge in [-0.2, -0.15) is 0 Å². The number of aryl methyl sites for hydroxylation is 3. The van der Waals surface area contributed by atoms with Crippen molar-refractivity contribution in [1.29, 1.82) is 0 Å². The molecule has 1 aliphatic rings. The Morgan fingerprint density at radius 1 is 1.24 bits per heavy atom. The Kier molecular flexibility index (Phi) is 4.70. The number of carbonyl (C=O) groups excluding carboxylic acids is 1. The van der Waals surface area contributed by atoms with E-state index in [9.17, 15) is 14.4 Å². The Morgan fingerprint density at radius 3 is 2.79 bits per heavy atom. The smallest absolute Gasteiger partial charge is 0.329 e. The average Bonchev–Trinajstić information content (AvgIpc) is 2.71. The Balaban J connectivity index is 1.80. The summed E-state index contributed by atoms with van der Waals surface area (Å²) in [5.74, 6) is -0.408. The number of amides is 1. The van der Waals surface area contributed by atoms with Crippen LogP contribution in [0, 0.1) is 0 Å². The Labute approximate surface area is 167 Å². The second-order valence-electron chi connectivity index (χ2n) is 7.35. The van der Waals surface area contributed by atoms with Gasteiger partial charge in [0.05, 0.1) is 10.9 Å². The van der Waals surface area contributed by atoms with Gasteiger partial charge in [0.25, 0.3) is 11.5 Å². The van der Waals surface area contributed by atoms with E-state index in [0.29, 0.717) is 17.8 Å². The number of nitrogens with one attached hydrogen (secondary N) is 2. The number of carbonyl (C=O) groups is 1. The lowest BCUT2D eigenvalue weighted by atomic mass is 10.0. The van der Waals surface area contributed by atoms with Crippen LogP contribution in [0.15, 0.2) is 33.9 Å². The van der Waals surface area contributed by atoms with Crippen LogP contribution in [-0.2, 0) is 19.9 Å². The maximum absolute atomic E-state index is 13.1. The maximum Gasteiger partial charge on any atom is 0.329 e. The molecule has 0 spiro atoms. The lowest BCUT2D eigenvalue weighted by molar-refractivity contribution is 0.102. The monoisotopic (exact) mass is 393 g/mol. The molecule has 29 heavy (non-hydrogen) atoms. The van der Waals surface area contributed by atoms with E-state index in [2.05, 4.69) is 20.2 Å². The zero-order valence-corrected chi connectivity index (χ0v) is 16.7. The van der Waals surface area contributed by atoms with Gasteiger partial charge >= 0.3 is 5.69 Å². The van der Waals surface area contributed by atoms with Crippen molar-refractivity contribution in [3.63, 3.8) is 0 Å². The van der Waals surface area contributed by atoms with Gasteiger partial charge in [0.1, 0.15) is 5.65 Å². The molecule has 0 atom stereocenters. The topological polar surface area (TPSA) is 100 Å². The highest BCUT2D eigenvalue weighted by Crippen LogP contribution is 2.29. The molecule has 8 nitrogen and oxygen atoms in total. The number of nitrogens with zero attached hydrogens (tertiary/aromatic N) is 3. The van der Waals surface area contributed by atoms with Gasteiger partial charge in [0.2, 0.25) is 0 Å². The molecular formula is C21H23N5O3. The summed E-state index contributed by atoms with van der Waals surface area (Å²) in [4.78, 5) is 46.3. The third-order valence-electron chi connectivity index (χ3n) is 5.42. The van der Waals surface area contributed by atoms with Crippen LogP contribution in [0.4, 0.5) is 11.4 Å². The molecule has 1 aliphatic heterocycles. The SMILES string of the molecule is CCc1cc(C(=O)Nc2ccc3c(c2)N(C)CCC3)c2c(=O)[nH]c(=O)n(C)c2n1. The molecule has 2 N–H and O–H groups in total. The molecule has 0 saturated carbocycles. The van der Waals surface area contributed by atoms with Gasteiger partial charge in [-0.25, -0.2) is 9.78 Å². The molecular weight excluding hydrogens is 370 g/mol. The van der Waals surface area contributed by atoms with Crippen LogP contribution in [0.25, 0.3) is 11.0 Å². The molecule has 0 saturated heterocycles. The van der Waals surface area contributed by atoms with Gasteiger partial charge in [-0.05, 0) is 43.0 Å². The molecule has 8 heteroatoms. The third-order valence-corrected chi connectivity index (χ3v) is 5.42. The number of H-pyrrole nitrogens is 1. The van der Waals surface area contributed by atoms with E-state index >= 15 is 0 Å². The van der Waals surface area contributed by atoms with E-state index in [1.54, 1.807) is 6.07 Å². The first-order valence-corrected chi connectivity index (χ1v) is 9.67. The van der Waals surface area contributed by atoms with Gasteiger partial charge in [-0.15, -0.1) is 0 Å². The highest BCUT2D eigenvalue weighted by atomic mass is 16.2. The highest BCUT2D eigenvalue weighted by molar-refractivity contribution is 6.12. The van der Waals surface area contributed by atoms with Crippen LogP contribution >= 0.6 is 0 Å². The number of benzene rings is 1. The predicted octanol–water partition coefficient (Wildman–Crippen LogP) is 1.82. The fourth-order valence-corrected chi connectivity index (χ4v) is 3.78. The number of aromatic nitrogens is 3. The number of hydrogen-bond donors (Lipinski definition) is 2. The van der Waals surface area contributed by atoms with Crippen LogP contribution < -0.4 is 21.5 Å². The van der Waals surface area contributed by atoms with E-state index in [-0.39, 0.29) is 16.6 Å². The normalized spacial score (nSPS) is 13.4. The van der Waals surface area contributed by atoms with Gasteiger partial charge in [0.15, 0.2) is 0 Å². The molecule has 0 aliphatic carbocycles. The molecule has 0 unspecified atom stereocenters. The molecule has 2 aromatic heterocycles. The van der Waals surface area contributed by atoms with Gasteiger partial charge < -0.3 is 10.2 Å². The van der Waals surface area contributed by atoms with Crippen molar-refractivity contribution in [3.05, 3.63) is 61.9 Å². The van der Waals surface area contributed by atoms with Gasteiger partial charge in [0, 0.05) is 37.7 Å². The minimum Gasteiger partial charge on any atom is -0.374 e. The number of rotatable bonds is 3. The number of aromatic amines is 1. The van der Waals surface area contributed by atoms with E-state index in [0.717, 1.165) is 25.1 Å². The minimum atomic E-state index is -0.617. The second kappa shape index (κ2) is 7.20. The summed E-state index contributed by atoms with van der Waals surface area (Å²) in [6, 6.07) is 7.47. The van der Waals surface area contributed by atoms with Gasteiger partial charge in [-0.1, -0.05) is 13.0 Å². The second-order valence-corrected chi connectivity index (χ2v) is 7.35. The average molecular weight is 393 g/mol. The third kappa shape index (κ3) is 3.30. The number of fused-ring (bicyclic) bond motifs is 2. The molecule has 1 aromatic carbocycles. The molecule has 150 valence electrons. The largest absolute Gasteiger partial charge is 0.374 e. The minimum absolute atomic E-state index is 0.108. The molecule has 0 radical (unpaired) electrons. The maximum atomic E-state index is 13.1. The van der Waals surface area contributed by atoms with Crippen molar-refractivity contribution in [1.82, 2.24) is 14.5 Å². The summed E-state index contributed by atoms with van der Waals surface area (Å²) in [7, 11) is 3.56. The van der Waals surface area contributed by atoms with Crippen LogP contribution in [0.2, 0.25) is 0 Å². The number of pyridine rings is 1. The van der Waals surface area contributed by atoms with Crippen molar-refractivity contribution in [2.75, 3.05) is 23.8 Å². The van der Waals surface area contributed by atoms with Gasteiger partial charge in [-0.3, -0.25) is 19.1 Å². The van der Waals surface area contributed by atoms with Crippen molar-refractivity contribution in [3.8, 4) is 0 Å². The standard InChI is InChI=1S/C21H23N5O3/c1-4-13-10-15(17-18(22-13)26(3)21(29)24-20(17)28)19(27)23-14-8-7-12-6-5-9-25(2)16(12)11-14/h7-8,10-11H,4-6,9H2,1-3H3,(H,23,27)(H,24,28,29). The van der Waals surface area contributed by atoms with E-state index in [4.69, 9.17) is 0 Å². The van der Waals surface area contributed by atoms with Crippen LogP contribution in [0.5, 0.6) is 0 Å². The van der Waals surface area contributed by atoms with E-state index < -0.39 is 17.2 Å². The number of hydrogen-bond acceptors (Lipinski definition) is 5. The molecule has 0 fully saturated rings. The summed E-state index contributed by atoms with van der Waals surface area (Å²) in [5, 5.41) is 3.01. The van der Waals surface area contributed by atoms with Crippen molar-refractivity contribution < 1.29 is 4.79 Å². The summed E-state index contributed by atoms with van der Waals surface area (Å²) in [6.45, 7) is 2.88. The summed E-state index contributed by atoms with van der Waals surface area (Å²) >= 11 is 0. The van der Waals surface area contributed by atoms with Crippen molar-refractivity contribution in [2.24, 2.45) is 7.05 Å². The molecule has 1 amide bonds. The van der Waals surface area contributed by atoms with E-state index in [1.165, 1.54) is 17.2 Å². The molecule has 0 bridgehead atoms. The highest BCUT2D eigenvalue weighted by Gasteiger charge is 2.19. The fraction of sp³-hybridized carbons (Fsp3) is 0.333. The zero-order valence-electron chi connectivity index (χ0n) is 16.7. The first kappa shape index (κ1) is 18.9. The Morgan fingerprint density at radius 2 is 2.03 bits per heavy atom. The summed E-state index contributed by atoms with van der Waals surface area (Å²) in [5.41, 5.74) is 2.87. The first-order valence-electron chi connectivity index (χ1n) is 9.67. The van der Waals surface area contributed by atoms with Crippen molar-refractivity contribution >= 4 is 28.3 Å². The van der Waals surface area contributed by atoms with Crippen LogP contribution in [-0.4, -0.2) is 34.0 Å². The quantitative estimate of drug-likeness (QED) is 0.707. The fourth-order valence-electron chi connectivity index (χ4n) is 3.78. The van der Waals surface area contributed by atoms with Crippen LogP contribution in [0.1, 0.15) is 35.0 Å². The van der Waals surface area contributed by atoms with Crippen molar-refractivity contribution in [2.45, 2.75) is 26.2 Å².